The predicted molar refractivity (Wildman–Crippen MR) is 110 cm³/mol. The Kier molecular flexibility index (Phi) is 4.65. The van der Waals surface area contributed by atoms with Gasteiger partial charge in [0.25, 0.3) is 0 Å². The summed E-state index contributed by atoms with van der Waals surface area (Å²) in [6.45, 7) is 0. The number of aliphatic carboxylic acids is 1. The van der Waals surface area contributed by atoms with Gasteiger partial charge in [-0.2, -0.15) is 0 Å². The molecule has 0 aliphatic rings. The number of fused-ring (bicyclic) bond motifs is 1. The minimum Gasteiger partial charge on any atom is -0.481 e. The minimum atomic E-state index is -0.842. The van der Waals surface area contributed by atoms with Crippen LogP contribution >= 0.6 is 23.2 Å². The summed E-state index contributed by atoms with van der Waals surface area (Å²) in [7, 11) is 0. The average Bonchev–Trinajstić information content (AvgIpc) is 2.99. The Balaban J connectivity index is 1.77. The molecule has 4 rings (SSSR count). The molecule has 0 saturated carbocycles. The number of benzene rings is 3. The zero-order valence-electron chi connectivity index (χ0n) is 14.2. The zero-order valence-corrected chi connectivity index (χ0v) is 15.7. The molecule has 134 valence electrons. The van der Waals surface area contributed by atoms with Gasteiger partial charge in [-0.1, -0.05) is 53.5 Å². The molecular formula is C22H15Cl2NO2. The second-order valence-electron chi connectivity index (χ2n) is 6.32. The molecule has 0 unspecified atom stereocenters. The zero-order chi connectivity index (χ0) is 19.0. The number of hydrogen-bond donors (Lipinski definition) is 1. The van der Waals surface area contributed by atoms with Gasteiger partial charge >= 0.3 is 5.97 Å². The monoisotopic (exact) mass is 395 g/mol. The fourth-order valence-electron chi connectivity index (χ4n) is 3.30. The van der Waals surface area contributed by atoms with Crippen molar-refractivity contribution in [3.63, 3.8) is 0 Å². The topological polar surface area (TPSA) is 42.2 Å². The van der Waals surface area contributed by atoms with Crippen molar-refractivity contribution in [2.75, 3.05) is 0 Å². The van der Waals surface area contributed by atoms with Crippen LogP contribution in [0.5, 0.6) is 0 Å². The predicted octanol–water partition coefficient (Wildman–Crippen LogP) is 6.23. The Hall–Kier alpha value is -2.75. The third kappa shape index (κ3) is 3.57. The number of nitrogens with zero attached hydrogens (tertiary/aromatic N) is 1. The standard InChI is InChI=1S/C22H15Cl2NO2/c23-17-9-15(10-18(24)12-17)14-5-7-19(8-6-14)25-13-16(11-22(26)27)20-3-1-2-4-21(20)25/h1-10,12-13H,11H2,(H,26,27). The van der Waals surface area contributed by atoms with E-state index < -0.39 is 5.97 Å². The SMILES string of the molecule is O=C(O)Cc1cn(-c2ccc(-c3cc(Cl)cc(Cl)c3)cc2)c2ccccc12. The molecule has 1 N–H and O–H groups in total. The van der Waals surface area contributed by atoms with E-state index in [-0.39, 0.29) is 6.42 Å². The van der Waals surface area contributed by atoms with Gasteiger partial charge in [0.15, 0.2) is 0 Å². The van der Waals surface area contributed by atoms with Crippen LogP contribution in [0.2, 0.25) is 10.0 Å². The molecule has 0 amide bonds. The van der Waals surface area contributed by atoms with Gasteiger partial charge in [-0.25, -0.2) is 0 Å². The molecule has 1 heterocycles. The second kappa shape index (κ2) is 7.10. The molecule has 0 atom stereocenters. The van der Waals surface area contributed by atoms with Gasteiger partial charge in [0.2, 0.25) is 0 Å². The minimum absolute atomic E-state index is 0.00733. The van der Waals surface area contributed by atoms with Gasteiger partial charge in [-0.3, -0.25) is 4.79 Å². The van der Waals surface area contributed by atoms with Gasteiger partial charge in [-0.05, 0) is 53.1 Å². The highest BCUT2D eigenvalue weighted by Crippen LogP contribution is 2.30. The van der Waals surface area contributed by atoms with Crippen LogP contribution in [0.1, 0.15) is 5.56 Å². The normalized spacial score (nSPS) is 11.0. The molecule has 0 saturated heterocycles. The third-order valence-electron chi connectivity index (χ3n) is 4.48. The summed E-state index contributed by atoms with van der Waals surface area (Å²) in [5.74, 6) is -0.842. The van der Waals surface area contributed by atoms with Crippen molar-refractivity contribution in [3.8, 4) is 16.8 Å². The fraction of sp³-hybridized carbons (Fsp3) is 0.0455. The van der Waals surface area contributed by atoms with Crippen molar-refractivity contribution >= 4 is 40.1 Å². The summed E-state index contributed by atoms with van der Waals surface area (Å²) in [6.07, 6.45) is 1.89. The van der Waals surface area contributed by atoms with Crippen LogP contribution in [0.3, 0.4) is 0 Å². The van der Waals surface area contributed by atoms with Crippen molar-refractivity contribution in [2.24, 2.45) is 0 Å². The molecule has 4 aromatic rings. The van der Waals surface area contributed by atoms with Gasteiger partial charge in [0.1, 0.15) is 0 Å². The van der Waals surface area contributed by atoms with Gasteiger partial charge in [0, 0.05) is 27.3 Å². The molecule has 3 aromatic carbocycles. The van der Waals surface area contributed by atoms with E-state index in [1.165, 1.54) is 0 Å². The Morgan fingerprint density at radius 1 is 0.889 bits per heavy atom. The summed E-state index contributed by atoms with van der Waals surface area (Å²) in [5, 5.41) is 11.3. The first-order valence-corrected chi connectivity index (χ1v) is 9.14. The number of para-hydroxylation sites is 1. The van der Waals surface area contributed by atoms with E-state index in [0.717, 1.165) is 33.3 Å². The van der Waals surface area contributed by atoms with Gasteiger partial charge in [0.05, 0.1) is 11.9 Å². The Morgan fingerprint density at radius 3 is 2.22 bits per heavy atom. The van der Waals surface area contributed by atoms with Crippen molar-refractivity contribution in [2.45, 2.75) is 6.42 Å². The molecule has 3 nitrogen and oxygen atoms in total. The number of aromatic nitrogens is 1. The Morgan fingerprint density at radius 2 is 1.56 bits per heavy atom. The lowest BCUT2D eigenvalue weighted by Gasteiger charge is -2.08. The van der Waals surface area contributed by atoms with Gasteiger partial charge < -0.3 is 9.67 Å². The highest BCUT2D eigenvalue weighted by Gasteiger charge is 2.12. The van der Waals surface area contributed by atoms with Crippen LogP contribution in [0.4, 0.5) is 0 Å². The second-order valence-corrected chi connectivity index (χ2v) is 7.19. The molecule has 0 bridgehead atoms. The number of carboxylic acid groups (broad SMARTS) is 1. The van der Waals surface area contributed by atoms with Crippen molar-refractivity contribution in [1.82, 2.24) is 4.57 Å². The number of carboxylic acids is 1. The van der Waals surface area contributed by atoms with Crippen LogP contribution < -0.4 is 0 Å². The van der Waals surface area contributed by atoms with Crippen molar-refractivity contribution in [1.29, 1.82) is 0 Å². The molecule has 27 heavy (non-hydrogen) atoms. The summed E-state index contributed by atoms with van der Waals surface area (Å²) < 4.78 is 2.02. The summed E-state index contributed by atoms with van der Waals surface area (Å²) >= 11 is 12.2. The van der Waals surface area contributed by atoms with Crippen LogP contribution in [0.15, 0.2) is 72.9 Å². The van der Waals surface area contributed by atoms with Crippen LogP contribution in [0.25, 0.3) is 27.7 Å². The fourth-order valence-corrected chi connectivity index (χ4v) is 3.83. The highest BCUT2D eigenvalue weighted by molar-refractivity contribution is 6.35. The van der Waals surface area contributed by atoms with E-state index in [0.29, 0.717) is 10.0 Å². The lowest BCUT2D eigenvalue weighted by molar-refractivity contribution is -0.136. The van der Waals surface area contributed by atoms with Gasteiger partial charge in [-0.15, -0.1) is 0 Å². The summed E-state index contributed by atoms with van der Waals surface area (Å²) in [5.41, 5.74) is 4.68. The lowest BCUT2D eigenvalue weighted by Crippen LogP contribution is -1.99. The molecule has 0 radical (unpaired) electrons. The van der Waals surface area contributed by atoms with Crippen LogP contribution in [-0.2, 0) is 11.2 Å². The van der Waals surface area contributed by atoms with E-state index in [4.69, 9.17) is 23.2 Å². The quantitative estimate of drug-likeness (QED) is 0.444. The maximum absolute atomic E-state index is 11.2. The Bertz CT molecular complexity index is 1130. The van der Waals surface area contributed by atoms with Crippen LogP contribution in [0, 0.1) is 0 Å². The van der Waals surface area contributed by atoms with Crippen LogP contribution in [-0.4, -0.2) is 15.6 Å². The third-order valence-corrected chi connectivity index (χ3v) is 4.91. The smallest absolute Gasteiger partial charge is 0.307 e. The number of halogens is 2. The molecule has 0 aliphatic heterocycles. The first kappa shape index (κ1) is 17.7. The maximum Gasteiger partial charge on any atom is 0.307 e. The lowest BCUT2D eigenvalue weighted by atomic mass is 10.1. The van der Waals surface area contributed by atoms with E-state index >= 15 is 0 Å². The van der Waals surface area contributed by atoms with E-state index in [1.807, 2.05) is 71.4 Å². The van der Waals surface area contributed by atoms with E-state index in [1.54, 1.807) is 6.07 Å². The first-order chi connectivity index (χ1) is 13.0. The van der Waals surface area contributed by atoms with Crippen molar-refractivity contribution in [3.05, 3.63) is 88.5 Å². The molecule has 0 spiro atoms. The van der Waals surface area contributed by atoms with E-state index in [2.05, 4.69) is 0 Å². The molecule has 0 aliphatic carbocycles. The van der Waals surface area contributed by atoms with Crippen molar-refractivity contribution < 1.29 is 9.90 Å². The Labute approximate surface area is 166 Å². The number of rotatable bonds is 4. The maximum atomic E-state index is 11.2. The molecule has 0 fully saturated rings. The molecular weight excluding hydrogens is 381 g/mol. The largest absolute Gasteiger partial charge is 0.481 e. The highest BCUT2D eigenvalue weighted by atomic mass is 35.5. The first-order valence-electron chi connectivity index (χ1n) is 8.39. The average molecular weight is 396 g/mol. The molecule has 1 aromatic heterocycles. The van der Waals surface area contributed by atoms with E-state index in [9.17, 15) is 9.90 Å². The number of carbonyl (C=O) groups is 1. The summed E-state index contributed by atoms with van der Waals surface area (Å²) in [4.78, 5) is 11.2. The summed E-state index contributed by atoms with van der Waals surface area (Å²) in [6, 6.07) is 21.3. The molecule has 5 heteroatoms. The number of hydrogen-bond acceptors (Lipinski definition) is 1.